The second-order valence-corrected chi connectivity index (χ2v) is 6.04. The molecule has 1 unspecified atom stereocenters. The summed E-state index contributed by atoms with van der Waals surface area (Å²) in [6, 6.07) is 7.41. The Labute approximate surface area is 126 Å². The summed E-state index contributed by atoms with van der Waals surface area (Å²) in [5, 5.41) is 9.07. The lowest BCUT2D eigenvalue weighted by Gasteiger charge is -2.25. The number of carbonyl (C=O) groups excluding carboxylic acids is 1. The van der Waals surface area contributed by atoms with Crippen molar-refractivity contribution < 1.29 is 14.7 Å². The fourth-order valence-electron chi connectivity index (χ4n) is 2.06. The summed E-state index contributed by atoms with van der Waals surface area (Å²) in [5.41, 5.74) is 1.65. The fourth-order valence-corrected chi connectivity index (χ4v) is 2.06. The minimum atomic E-state index is -0.874. The fraction of sp³-hybridized carbons (Fsp3) is 0.529. The number of aryl methyl sites for hydroxylation is 1. The first-order valence-corrected chi connectivity index (χ1v) is 7.40. The molecule has 4 nitrogen and oxygen atoms in total. The lowest BCUT2D eigenvalue weighted by Crippen LogP contribution is -2.38. The van der Waals surface area contributed by atoms with E-state index < -0.39 is 11.9 Å². The Hall–Kier alpha value is -1.84. The maximum Gasteiger partial charge on any atom is 0.308 e. The number of carboxylic acid groups (broad SMARTS) is 1. The van der Waals surface area contributed by atoms with Crippen molar-refractivity contribution >= 4 is 11.9 Å². The van der Waals surface area contributed by atoms with Gasteiger partial charge >= 0.3 is 5.97 Å². The average Bonchev–Trinajstić information content (AvgIpc) is 2.42. The zero-order valence-electron chi connectivity index (χ0n) is 13.3. The van der Waals surface area contributed by atoms with Gasteiger partial charge in [-0.2, -0.15) is 0 Å². The van der Waals surface area contributed by atoms with Crippen LogP contribution >= 0.6 is 0 Å². The third-order valence-corrected chi connectivity index (χ3v) is 3.44. The molecule has 1 N–H and O–H groups in total. The molecule has 0 aromatic heterocycles. The highest BCUT2D eigenvalue weighted by Gasteiger charge is 2.21. The van der Waals surface area contributed by atoms with Gasteiger partial charge in [0, 0.05) is 18.7 Å². The third kappa shape index (κ3) is 5.58. The Morgan fingerprint density at radius 1 is 1.24 bits per heavy atom. The predicted molar refractivity (Wildman–Crippen MR) is 83.3 cm³/mol. The van der Waals surface area contributed by atoms with Crippen LogP contribution in [0.1, 0.15) is 43.1 Å². The van der Waals surface area contributed by atoms with Gasteiger partial charge in [0.05, 0.1) is 5.92 Å². The molecular formula is C17H25NO3. The van der Waals surface area contributed by atoms with Gasteiger partial charge < -0.3 is 10.0 Å². The Bertz CT molecular complexity index is 497. The van der Waals surface area contributed by atoms with Crippen molar-refractivity contribution in [2.75, 3.05) is 13.1 Å². The molecule has 0 bridgehead atoms. The number of rotatable bonds is 7. The molecule has 21 heavy (non-hydrogen) atoms. The first-order valence-electron chi connectivity index (χ1n) is 7.40. The quantitative estimate of drug-likeness (QED) is 0.839. The summed E-state index contributed by atoms with van der Waals surface area (Å²) in [6.45, 7) is 8.59. The van der Waals surface area contributed by atoms with E-state index in [-0.39, 0.29) is 12.5 Å². The molecule has 1 aromatic carbocycles. The van der Waals surface area contributed by atoms with Crippen molar-refractivity contribution in [3.05, 3.63) is 35.4 Å². The molecule has 116 valence electrons. The minimum Gasteiger partial charge on any atom is -0.481 e. The van der Waals surface area contributed by atoms with E-state index in [0.717, 1.165) is 12.0 Å². The van der Waals surface area contributed by atoms with E-state index in [1.54, 1.807) is 17.9 Å². The number of carbonyl (C=O) groups is 2. The molecule has 0 saturated heterocycles. The van der Waals surface area contributed by atoms with Crippen LogP contribution in [-0.2, 0) is 4.79 Å². The SMILES string of the molecule is Cc1cccc(C(=O)N(CCC(C)C)CC(C)C(=O)O)c1. The molecule has 0 radical (unpaired) electrons. The van der Waals surface area contributed by atoms with E-state index >= 15 is 0 Å². The summed E-state index contributed by atoms with van der Waals surface area (Å²) in [5.74, 6) is -1.06. The monoisotopic (exact) mass is 291 g/mol. The highest BCUT2D eigenvalue weighted by molar-refractivity contribution is 5.94. The molecule has 0 fully saturated rings. The maximum absolute atomic E-state index is 12.6. The third-order valence-electron chi connectivity index (χ3n) is 3.44. The van der Waals surface area contributed by atoms with Crippen LogP contribution in [-0.4, -0.2) is 35.0 Å². The van der Waals surface area contributed by atoms with Crippen LogP contribution in [0.2, 0.25) is 0 Å². The van der Waals surface area contributed by atoms with Crippen LogP contribution in [0.5, 0.6) is 0 Å². The van der Waals surface area contributed by atoms with E-state index in [9.17, 15) is 9.59 Å². The maximum atomic E-state index is 12.6. The number of hydrogen-bond acceptors (Lipinski definition) is 2. The molecule has 1 amide bonds. The summed E-state index contributed by atoms with van der Waals surface area (Å²) in [7, 11) is 0. The van der Waals surface area contributed by atoms with Gasteiger partial charge in [0.2, 0.25) is 0 Å². The lowest BCUT2D eigenvalue weighted by atomic mass is 10.1. The Morgan fingerprint density at radius 3 is 2.43 bits per heavy atom. The zero-order valence-corrected chi connectivity index (χ0v) is 13.3. The lowest BCUT2D eigenvalue weighted by molar-refractivity contribution is -0.141. The van der Waals surface area contributed by atoms with Crippen molar-refractivity contribution in [1.29, 1.82) is 0 Å². The summed E-state index contributed by atoms with van der Waals surface area (Å²) < 4.78 is 0. The molecular weight excluding hydrogens is 266 g/mol. The second kappa shape index (κ2) is 7.81. The van der Waals surface area contributed by atoms with E-state index in [0.29, 0.717) is 18.0 Å². The van der Waals surface area contributed by atoms with Gasteiger partial charge in [0.1, 0.15) is 0 Å². The molecule has 0 heterocycles. The average molecular weight is 291 g/mol. The molecule has 0 aliphatic rings. The van der Waals surface area contributed by atoms with Gasteiger partial charge in [-0.1, -0.05) is 38.5 Å². The molecule has 0 spiro atoms. The first kappa shape index (κ1) is 17.2. The van der Waals surface area contributed by atoms with Crippen LogP contribution in [0.15, 0.2) is 24.3 Å². The number of nitrogens with zero attached hydrogens (tertiary/aromatic N) is 1. The van der Waals surface area contributed by atoms with Gasteiger partial charge in [-0.15, -0.1) is 0 Å². The largest absolute Gasteiger partial charge is 0.481 e. The van der Waals surface area contributed by atoms with Crippen LogP contribution in [0.4, 0.5) is 0 Å². The van der Waals surface area contributed by atoms with Crippen molar-refractivity contribution in [3.8, 4) is 0 Å². The number of amides is 1. The Morgan fingerprint density at radius 2 is 1.90 bits per heavy atom. The van der Waals surface area contributed by atoms with Gasteiger partial charge in [-0.3, -0.25) is 9.59 Å². The second-order valence-electron chi connectivity index (χ2n) is 6.04. The minimum absolute atomic E-state index is 0.0903. The van der Waals surface area contributed by atoms with Crippen molar-refractivity contribution in [2.24, 2.45) is 11.8 Å². The molecule has 4 heteroatoms. The van der Waals surface area contributed by atoms with Gasteiger partial charge in [-0.05, 0) is 31.4 Å². The highest BCUT2D eigenvalue weighted by atomic mass is 16.4. The predicted octanol–water partition coefficient (Wildman–Crippen LogP) is 3.20. The van der Waals surface area contributed by atoms with Gasteiger partial charge in [-0.25, -0.2) is 0 Å². The van der Waals surface area contributed by atoms with Crippen LogP contribution in [0, 0.1) is 18.8 Å². The highest BCUT2D eigenvalue weighted by Crippen LogP contribution is 2.12. The van der Waals surface area contributed by atoms with Gasteiger partial charge in [0.25, 0.3) is 5.91 Å². The zero-order chi connectivity index (χ0) is 16.0. The normalized spacial score (nSPS) is 12.2. The Kier molecular flexibility index (Phi) is 6.40. The van der Waals surface area contributed by atoms with Crippen molar-refractivity contribution in [3.63, 3.8) is 0 Å². The van der Waals surface area contributed by atoms with Crippen molar-refractivity contribution in [1.82, 2.24) is 4.90 Å². The van der Waals surface area contributed by atoms with E-state index in [4.69, 9.17) is 5.11 Å². The number of aliphatic carboxylic acids is 1. The molecule has 1 aromatic rings. The van der Waals surface area contributed by atoms with Crippen LogP contribution in [0.25, 0.3) is 0 Å². The number of benzene rings is 1. The molecule has 0 aliphatic heterocycles. The van der Waals surface area contributed by atoms with E-state index in [1.807, 2.05) is 25.1 Å². The number of hydrogen-bond donors (Lipinski definition) is 1. The topological polar surface area (TPSA) is 57.6 Å². The molecule has 1 atom stereocenters. The van der Waals surface area contributed by atoms with Crippen molar-refractivity contribution in [2.45, 2.75) is 34.1 Å². The van der Waals surface area contributed by atoms with Crippen LogP contribution < -0.4 is 0 Å². The standard InChI is InChI=1S/C17H25NO3/c1-12(2)8-9-18(11-14(4)17(20)21)16(19)15-7-5-6-13(3)10-15/h5-7,10,12,14H,8-9,11H2,1-4H3,(H,20,21). The molecule has 1 rings (SSSR count). The summed E-state index contributed by atoms with van der Waals surface area (Å²) in [6.07, 6.45) is 0.865. The number of carboxylic acids is 1. The summed E-state index contributed by atoms with van der Waals surface area (Å²) in [4.78, 5) is 25.3. The first-order chi connectivity index (χ1) is 9.81. The smallest absolute Gasteiger partial charge is 0.308 e. The molecule has 0 aliphatic carbocycles. The van der Waals surface area contributed by atoms with E-state index in [2.05, 4.69) is 13.8 Å². The molecule has 0 saturated carbocycles. The van der Waals surface area contributed by atoms with Crippen LogP contribution in [0.3, 0.4) is 0 Å². The van der Waals surface area contributed by atoms with Gasteiger partial charge in [0.15, 0.2) is 0 Å². The van der Waals surface area contributed by atoms with E-state index in [1.165, 1.54) is 0 Å². The Balaban J connectivity index is 2.88. The summed E-state index contributed by atoms with van der Waals surface area (Å²) >= 11 is 0.